The van der Waals surface area contributed by atoms with E-state index in [0.717, 1.165) is 25.2 Å². The van der Waals surface area contributed by atoms with Crippen LogP contribution in [-0.4, -0.2) is 51.2 Å². The first-order valence-electron chi connectivity index (χ1n) is 9.24. The number of likely N-dealkylation sites (N-methyl/N-ethyl adjacent to an activating group) is 1. The number of hydrogen-bond donors (Lipinski definition) is 2. The molecule has 0 spiro atoms. The van der Waals surface area contributed by atoms with Crippen LogP contribution in [0.4, 0.5) is 0 Å². The maximum absolute atomic E-state index is 12.5. The van der Waals surface area contributed by atoms with Gasteiger partial charge in [0.2, 0.25) is 5.91 Å². The molecule has 1 saturated carbocycles. The van der Waals surface area contributed by atoms with E-state index in [0.29, 0.717) is 13.1 Å². The van der Waals surface area contributed by atoms with Gasteiger partial charge in [-0.15, -0.1) is 0 Å². The Balaban J connectivity index is 1.48. The molecule has 0 radical (unpaired) electrons. The van der Waals surface area contributed by atoms with E-state index in [1.54, 1.807) is 6.20 Å². The summed E-state index contributed by atoms with van der Waals surface area (Å²) in [4.78, 5) is 18.8. The molecule has 1 fully saturated rings. The highest BCUT2D eigenvalue weighted by molar-refractivity contribution is 5.79. The Kier molecular flexibility index (Phi) is 6.06. The molecule has 1 amide bonds. The van der Waals surface area contributed by atoms with Gasteiger partial charge in [-0.2, -0.15) is 0 Å². The van der Waals surface area contributed by atoms with Crippen LogP contribution in [-0.2, 0) is 17.9 Å². The van der Waals surface area contributed by atoms with Crippen molar-refractivity contribution in [2.24, 2.45) is 5.92 Å². The number of aliphatic hydroxyl groups excluding tert-OH is 1. The summed E-state index contributed by atoms with van der Waals surface area (Å²) in [5, 5.41) is 13.6. The highest BCUT2D eigenvalue weighted by atomic mass is 16.3. The van der Waals surface area contributed by atoms with Gasteiger partial charge in [0.15, 0.2) is 0 Å². The minimum atomic E-state index is -0.626. The number of imidazole rings is 1. The highest BCUT2D eigenvalue weighted by Crippen LogP contribution is 2.30. The van der Waals surface area contributed by atoms with Crippen LogP contribution in [0.2, 0.25) is 0 Å². The van der Waals surface area contributed by atoms with Gasteiger partial charge in [-0.25, -0.2) is 4.98 Å². The standard InChI is InChI=1S/C20H28N4O2/c1-15-21-10-12-24(15)13-11-22-20(26)17-8-9-18(19(17)25)23(2)14-16-6-4-3-5-7-16/h3-7,10,12,17-19,25H,8-9,11,13-14H2,1-2H3,(H,22,26)/t17-,18-,19+/m1/s1. The Bertz CT molecular complexity index is 716. The zero-order valence-electron chi connectivity index (χ0n) is 15.5. The van der Waals surface area contributed by atoms with Gasteiger partial charge in [0.05, 0.1) is 12.0 Å². The maximum atomic E-state index is 12.5. The van der Waals surface area contributed by atoms with Crippen molar-refractivity contribution in [3.8, 4) is 0 Å². The van der Waals surface area contributed by atoms with Crippen molar-refractivity contribution in [2.45, 2.75) is 45.0 Å². The average molecular weight is 356 g/mol. The molecule has 2 N–H and O–H groups in total. The van der Waals surface area contributed by atoms with Crippen LogP contribution >= 0.6 is 0 Å². The third-order valence-electron chi connectivity index (χ3n) is 5.33. The van der Waals surface area contributed by atoms with E-state index in [-0.39, 0.29) is 17.9 Å². The summed E-state index contributed by atoms with van der Waals surface area (Å²) in [7, 11) is 2.02. The van der Waals surface area contributed by atoms with E-state index in [9.17, 15) is 9.90 Å². The van der Waals surface area contributed by atoms with Gasteiger partial charge in [-0.05, 0) is 32.4 Å². The van der Waals surface area contributed by atoms with Crippen molar-refractivity contribution in [3.63, 3.8) is 0 Å². The Labute approximate surface area is 154 Å². The molecule has 3 atom stereocenters. The van der Waals surface area contributed by atoms with Gasteiger partial charge in [-0.3, -0.25) is 9.69 Å². The lowest BCUT2D eigenvalue weighted by Gasteiger charge is -2.28. The fraction of sp³-hybridized carbons (Fsp3) is 0.500. The number of benzene rings is 1. The molecular weight excluding hydrogens is 328 g/mol. The molecule has 0 aliphatic heterocycles. The molecule has 1 aliphatic carbocycles. The molecule has 1 heterocycles. The van der Waals surface area contributed by atoms with Gasteiger partial charge in [0.1, 0.15) is 5.82 Å². The minimum Gasteiger partial charge on any atom is -0.391 e. The number of amides is 1. The van der Waals surface area contributed by atoms with Crippen molar-refractivity contribution < 1.29 is 9.90 Å². The maximum Gasteiger partial charge on any atom is 0.225 e. The van der Waals surface area contributed by atoms with E-state index in [1.165, 1.54) is 5.56 Å². The number of carbonyl (C=O) groups excluding carboxylic acids is 1. The molecule has 6 heteroatoms. The predicted molar refractivity (Wildman–Crippen MR) is 100 cm³/mol. The molecular formula is C20H28N4O2. The zero-order chi connectivity index (χ0) is 18.5. The third kappa shape index (κ3) is 4.31. The highest BCUT2D eigenvalue weighted by Gasteiger charge is 2.40. The fourth-order valence-corrected chi connectivity index (χ4v) is 3.79. The third-order valence-corrected chi connectivity index (χ3v) is 5.33. The van der Waals surface area contributed by atoms with Gasteiger partial charge < -0.3 is 15.0 Å². The monoisotopic (exact) mass is 356 g/mol. The molecule has 0 unspecified atom stereocenters. The number of aryl methyl sites for hydroxylation is 1. The number of rotatable bonds is 7. The van der Waals surface area contributed by atoms with E-state index in [4.69, 9.17) is 0 Å². The average Bonchev–Trinajstić information content (AvgIpc) is 3.21. The lowest BCUT2D eigenvalue weighted by atomic mass is 10.0. The molecule has 140 valence electrons. The number of carbonyl (C=O) groups is 1. The second-order valence-corrected chi connectivity index (χ2v) is 7.10. The topological polar surface area (TPSA) is 70.4 Å². The normalized spacial score (nSPS) is 22.7. The molecule has 0 bridgehead atoms. The first-order chi connectivity index (χ1) is 12.6. The molecule has 26 heavy (non-hydrogen) atoms. The lowest BCUT2D eigenvalue weighted by Crippen LogP contribution is -2.44. The fourth-order valence-electron chi connectivity index (χ4n) is 3.79. The molecule has 1 aromatic heterocycles. The van der Waals surface area contributed by atoms with Crippen LogP contribution < -0.4 is 5.32 Å². The number of nitrogens with one attached hydrogen (secondary N) is 1. The molecule has 0 saturated heterocycles. The van der Waals surface area contributed by atoms with Crippen LogP contribution in [0.5, 0.6) is 0 Å². The van der Waals surface area contributed by atoms with Crippen molar-refractivity contribution in [1.82, 2.24) is 19.8 Å². The smallest absolute Gasteiger partial charge is 0.225 e. The summed E-state index contributed by atoms with van der Waals surface area (Å²) in [6.07, 6.45) is 4.59. The summed E-state index contributed by atoms with van der Waals surface area (Å²) in [6, 6.07) is 10.2. The van der Waals surface area contributed by atoms with E-state index < -0.39 is 6.10 Å². The number of nitrogens with zero attached hydrogens (tertiary/aromatic N) is 3. The molecule has 6 nitrogen and oxygen atoms in total. The minimum absolute atomic E-state index is 0.0156. The zero-order valence-corrected chi connectivity index (χ0v) is 15.5. The summed E-state index contributed by atoms with van der Waals surface area (Å²) in [5.41, 5.74) is 1.21. The Hall–Kier alpha value is -2.18. The Morgan fingerprint density at radius 2 is 2.12 bits per heavy atom. The number of aliphatic hydroxyl groups is 1. The second kappa shape index (κ2) is 8.47. The first-order valence-corrected chi connectivity index (χ1v) is 9.24. The molecule has 1 aromatic carbocycles. The Morgan fingerprint density at radius 1 is 1.35 bits per heavy atom. The van der Waals surface area contributed by atoms with Crippen LogP contribution in [0.15, 0.2) is 42.7 Å². The number of hydrogen-bond acceptors (Lipinski definition) is 4. The van der Waals surface area contributed by atoms with Crippen LogP contribution in [0.25, 0.3) is 0 Å². The van der Waals surface area contributed by atoms with Crippen molar-refractivity contribution in [3.05, 3.63) is 54.1 Å². The number of aromatic nitrogens is 2. The van der Waals surface area contributed by atoms with E-state index in [2.05, 4.69) is 27.3 Å². The predicted octanol–water partition coefficient (Wildman–Crippen LogP) is 1.58. The van der Waals surface area contributed by atoms with Gasteiger partial charge in [-0.1, -0.05) is 30.3 Å². The first kappa shape index (κ1) is 18.6. The summed E-state index contributed by atoms with van der Waals surface area (Å²) in [5.74, 6) is 0.552. The van der Waals surface area contributed by atoms with Crippen molar-refractivity contribution in [2.75, 3.05) is 13.6 Å². The van der Waals surface area contributed by atoms with E-state index >= 15 is 0 Å². The van der Waals surface area contributed by atoms with Crippen LogP contribution in [0.1, 0.15) is 24.2 Å². The quantitative estimate of drug-likeness (QED) is 0.790. The molecule has 1 aliphatic rings. The second-order valence-electron chi connectivity index (χ2n) is 7.10. The van der Waals surface area contributed by atoms with Gasteiger partial charge in [0.25, 0.3) is 0 Å². The molecule has 3 rings (SSSR count). The van der Waals surface area contributed by atoms with Crippen LogP contribution in [0, 0.1) is 12.8 Å². The van der Waals surface area contributed by atoms with Gasteiger partial charge >= 0.3 is 0 Å². The Morgan fingerprint density at radius 3 is 2.81 bits per heavy atom. The van der Waals surface area contributed by atoms with Crippen molar-refractivity contribution >= 4 is 5.91 Å². The lowest BCUT2D eigenvalue weighted by molar-refractivity contribution is -0.128. The van der Waals surface area contributed by atoms with Crippen molar-refractivity contribution in [1.29, 1.82) is 0 Å². The largest absolute Gasteiger partial charge is 0.391 e. The molecule has 2 aromatic rings. The SMILES string of the molecule is Cc1nccn1CCNC(=O)[C@@H]1CC[C@@H](N(C)Cc2ccccc2)[C@H]1O. The van der Waals surface area contributed by atoms with Gasteiger partial charge in [0, 0.05) is 38.1 Å². The van der Waals surface area contributed by atoms with E-state index in [1.807, 2.05) is 42.9 Å². The summed E-state index contributed by atoms with van der Waals surface area (Å²) < 4.78 is 2.00. The summed E-state index contributed by atoms with van der Waals surface area (Å²) >= 11 is 0. The summed E-state index contributed by atoms with van der Waals surface area (Å²) in [6.45, 7) is 3.95. The van der Waals surface area contributed by atoms with Crippen LogP contribution in [0.3, 0.4) is 0 Å².